The minimum Gasteiger partial charge on any atom is -0.396 e. The molecule has 0 unspecified atom stereocenters. The Morgan fingerprint density at radius 2 is 2.18 bits per heavy atom. The quantitative estimate of drug-likeness (QED) is 0.725. The summed E-state index contributed by atoms with van der Waals surface area (Å²) < 4.78 is 5.23. The molecule has 0 saturated heterocycles. The number of halogens is 1. The third-order valence-corrected chi connectivity index (χ3v) is 2.47. The van der Waals surface area contributed by atoms with E-state index in [2.05, 4.69) is 5.32 Å². The smallest absolute Gasteiger partial charge is 0.246 e. The van der Waals surface area contributed by atoms with Crippen molar-refractivity contribution in [2.75, 3.05) is 19.8 Å². The topological polar surface area (TPSA) is 58.6 Å². The van der Waals surface area contributed by atoms with Crippen LogP contribution in [0.1, 0.15) is 12.0 Å². The number of benzene rings is 1. The summed E-state index contributed by atoms with van der Waals surface area (Å²) in [5.41, 5.74) is 0.859. The van der Waals surface area contributed by atoms with Gasteiger partial charge >= 0.3 is 0 Å². The average molecular weight is 258 g/mol. The highest BCUT2D eigenvalue weighted by molar-refractivity contribution is 6.31. The lowest BCUT2D eigenvalue weighted by Gasteiger charge is -2.06. The number of rotatable bonds is 7. The van der Waals surface area contributed by atoms with Gasteiger partial charge in [-0.25, -0.2) is 0 Å². The van der Waals surface area contributed by atoms with Crippen LogP contribution >= 0.6 is 11.6 Å². The van der Waals surface area contributed by atoms with Gasteiger partial charge in [-0.15, -0.1) is 0 Å². The standard InChI is InChI=1S/C12H16ClNO3/c13-11-5-2-1-4-10(11)8-17-9-12(16)14-6-3-7-15/h1-2,4-5,15H,3,6-9H2,(H,14,16). The Labute approximate surface area is 106 Å². The largest absolute Gasteiger partial charge is 0.396 e. The number of aliphatic hydroxyl groups excluding tert-OH is 1. The molecule has 0 bridgehead atoms. The van der Waals surface area contributed by atoms with E-state index >= 15 is 0 Å². The molecule has 2 N–H and O–H groups in total. The summed E-state index contributed by atoms with van der Waals surface area (Å²) in [5.74, 6) is -0.189. The average Bonchev–Trinajstić information content (AvgIpc) is 2.32. The number of nitrogens with one attached hydrogen (secondary N) is 1. The van der Waals surface area contributed by atoms with Crippen LogP contribution in [0.4, 0.5) is 0 Å². The molecule has 0 saturated carbocycles. The summed E-state index contributed by atoms with van der Waals surface area (Å²) in [6, 6.07) is 7.34. The summed E-state index contributed by atoms with van der Waals surface area (Å²) in [4.78, 5) is 11.2. The van der Waals surface area contributed by atoms with Crippen LogP contribution in [0.3, 0.4) is 0 Å². The van der Waals surface area contributed by atoms with Crippen molar-refractivity contribution in [3.05, 3.63) is 34.9 Å². The van der Waals surface area contributed by atoms with Gasteiger partial charge in [0, 0.05) is 18.2 Å². The third-order valence-electron chi connectivity index (χ3n) is 2.11. The molecule has 0 spiro atoms. The lowest BCUT2D eigenvalue weighted by Crippen LogP contribution is -2.28. The summed E-state index contributed by atoms with van der Waals surface area (Å²) in [5, 5.41) is 11.8. The predicted octanol–water partition coefficient (Wildman–Crippen LogP) is 1.36. The molecule has 1 aromatic rings. The number of ether oxygens (including phenoxy) is 1. The van der Waals surface area contributed by atoms with E-state index < -0.39 is 0 Å². The van der Waals surface area contributed by atoms with Crippen molar-refractivity contribution >= 4 is 17.5 Å². The first-order valence-electron chi connectivity index (χ1n) is 5.42. The van der Waals surface area contributed by atoms with Crippen LogP contribution in [0.2, 0.25) is 5.02 Å². The Hall–Kier alpha value is -1.10. The van der Waals surface area contributed by atoms with Gasteiger partial charge in [-0.05, 0) is 18.1 Å². The maximum atomic E-state index is 11.2. The Morgan fingerprint density at radius 1 is 1.41 bits per heavy atom. The number of carbonyl (C=O) groups is 1. The monoisotopic (exact) mass is 257 g/mol. The molecule has 1 rings (SSSR count). The highest BCUT2D eigenvalue weighted by Crippen LogP contribution is 2.15. The lowest BCUT2D eigenvalue weighted by atomic mass is 10.2. The van der Waals surface area contributed by atoms with Crippen LogP contribution in [-0.4, -0.2) is 30.8 Å². The van der Waals surface area contributed by atoms with E-state index in [0.29, 0.717) is 24.6 Å². The van der Waals surface area contributed by atoms with Gasteiger partial charge in [0.15, 0.2) is 0 Å². The summed E-state index contributed by atoms with van der Waals surface area (Å²) in [7, 11) is 0. The molecule has 0 aliphatic rings. The number of hydrogen-bond acceptors (Lipinski definition) is 3. The molecule has 5 heteroatoms. The maximum absolute atomic E-state index is 11.2. The second kappa shape index (κ2) is 8.06. The molecule has 1 amide bonds. The second-order valence-corrected chi connectivity index (χ2v) is 3.92. The third kappa shape index (κ3) is 5.68. The van der Waals surface area contributed by atoms with Crippen LogP contribution in [0.15, 0.2) is 24.3 Å². The lowest BCUT2D eigenvalue weighted by molar-refractivity contribution is -0.126. The molecule has 17 heavy (non-hydrogen) atoms. The van der Waals surface area contributed by atoms with E-state index in [1.54, 1.807) is 6.07 Å². The van der Waals surface area contributed by atoms with E-state index in [4.69, 9.17) is 21.4 Å². The van der Waals surface area contributed by atoms with Crippen LogP contribution in [0.25, 0.3) is 0 Å². The molecule has 4 nitrogen and oxygen atoms in total. The van der Waals surface area contributed by atoms with Gasteiger partial charge in [0.05, 0.1) is 6.61 Å². The number of amides is 1. The Kier molecular flexibility index (Phi) is 6.62. The van der Waals surface area contributed by atoms with E-state index in [1.807, 2.05) is 18.2 Å². The van der Waals surface area contributed by atoms with Crippen molar-refractivity contribution in [2.24, 2.45) is 0 Å². The van der Waals surface area contributed by atoms with Crippen LogP contribution in [-0.2, 0) is 16.1 Å². The second-order valence-electron chi connectivity index (χ2n) is 3.51. The molecule has 0 atom stereocenters. The minimum absolute atomic E-state index is 0.00332. The molecule has 0 aliphatic carbocycles. The maximum Gasteiger partial charge on any atom is 0.246 e. The summed E-state index contributed by atoms with van der Waals surface area (Å²) in [6.07, 6.45) is 0.552. The van der Waals surface area contributed by atoms with Crippen LogP contribution in [0, 0.1) is 0 Å². The first-order chi connectivity index (χ1) is 8.24. The normalized spacial score (nSPS) is 10.2. The summed E-state index contributed by atoms with van der Waals surface area (Å²) in [6.45, 7) is 0.843. The molecule has 0 heterocycles. The van der Waals surface area contributed by atoms with E-state index in [9.17, 15) is 4.79 Å². The van der Waals surface area contributed by atoms with E-state index in [1.165, 1.54) is 0 Å². The number of aliphatic hydroxyl groups is 1. The molecule has 0 fully saturated rings. The van der Waals surface area contributed by atoms with Gasteiger partial charge in [-0.3, -0.25) is 4.79 Å². The van der Waals surface area contributed by atoms with Crippen molar-refractivity contribution in [3.8, 4) is 0 Å². The zero-order valence-electron chi connectivity index (χ0n) is 9.49. The number of carbonyl (C=O) groups excluding carboxylic acids is 1. The van der Waals surface area contributed by atoms with Crippen molar-refractivity contribution in [1.82, 2.24) is 5.32 Å². The van der Waals surface area contributed by atoms with Gasteiger partial charge in [0.1, 0.15) is 6.61 Å². The van der Waals surface area contributed by atoms with Crippen molar-refractivity contribution < 1.29 is 14.6 Å². The molecular weight excluding hydrogens is 242 g/mol. The highest BCUT2D eigenvalue weighted by Gasteiger charge is 2.02. The molecule has 94 valence electrons. The van der Waals surface area contributed by atoms with Gasteiger partial charge in [0.25, 0.3) is 0 Å². The Bertz CT molecular complexity index is 357. The van der Waals surface area contributed by atoms with Crippen molar-refractivity contribution in [2.45, 2.75) is 13.0 Å². The predicted molar refractivity (Wildman–Crippen MR) is 65.8 cm³/mol. The zero-order chi connectivity index (χ0) is 12.5. The van der Waals surface area contributed by atoms with Gasteiger partial charge in [-0.1, -0.05) is 29.8 Å². The zero-order valence-corrected chi connectivity index (χ0v) is 10.2. The molecule has 0 radical (unpaired) electrons. The Morgan fingerprint density at radius 3 is 2.88 bits per heavy atom. The van der Waals surface area contributed by atoms with Crippen LogP contribution < -0.4 is 5.32 Å². The van der Waals surface area contributed by atoms with Crippen molar-refractivity contribution in [3.63, 3.8) is 0 Å². The highest BCUT2D eigenvalue weighted by atomic mass is 35.5. The van der Waals surface area contributed by atoms with Crippen LogP contribution in [0.5, 0.6) is 0 Å². The fraction of sp³-hybridized carbons (Fsp3) is 0.417. The van der Waals surface area contributed by atoms with E-state index in [-0.39, 0.29) is 19.1 Å². The minimum atomic E-state index is -0.189. The van der Waals surface area contributed by atoms with E-state index in [0.717, 1.165) is 5.56 Å². The van der Waals surface area contributed by atoms with Gasteiger partial charge in [0.2, 0.25) is 5.91 Å². The fourth-order valence-electron chi connectivity index (χ4n) is 1.23. The molecule has 1 aromatic carbocycles. The molecular formula is C12H16ClNO3. The molecule has 0 aliphatic heterocycles. The van der Waals surface area contributed by atoms with Gasteiger partial charge in [-0.2, -0.15) is 0 Å². The van der Waals surface area contributed by atoms with Crippen molar-refractivity contribution in [1.29, 1.82) is 0 Å². The summed E-state index contributed by atoms with van der Waals surface area (Å²) >= 11 is 5.93. The number of hydrogen-bond donors (Lipinski definition) is 2. The SMILES string of the molecule is O=C(COCc1ccccc1Cl)NCCCO. The fourth-order valence-corrected chi connectivity index (χ4v) is 1.42. The first-order valence-corrected chi connectivity index (χ1v) is 5.80. The first kappa shape index (κ1) is 14.0. The molecule has 0 aromatic heterocycles. The Balaban J connectivity index is 2.19. The van der Waals surface area contributed by atoms with Gasteiger partial charge < -0.3 is 15.2 Å².